The quantitative estimate of drug-likeness (QED) is 0.803. The van der Waals surface area contributed by atoms with E-state index in [1.165, 1.54) is 18.3 Å². The number of aromatic nitrogens is 1. The first-order chi connectivity index (χ1) is 8.95. The van der Waals surface area contributed by atoms with Crippen LogP contribution in [0.5, 0.6) is 0 Å². The van der Waals surface area contributed by atoms with Crippen LogP contribution in [0.3, 0.4) is 0 Å². The van der Waals surface area contributed by atoms with Crippen molar-refractivity contribution >= 4 is 38.7 Å². The van der Waals surface area contributed by atoms with Crippen molar-refractivity contribution in [3.8, 4) is 0 Å². The van der Waals surface area contributed by atoms with Gasteiger partial charge in [-0.05, 0) is 31.5 Å². The predicted molar refractivity (Wildman–Crippen MR) is 73.6 cm³/mol. The van der Waals surface area contributed by atoms with Gasteiger partial charge in [-0.25, -0.2) is 9.78 Å². The third kappa shape index (κ3) is 3.19. The van der Waals surface area contributed by atoms with Gasteiger partial charge in [-0.15, -0.1) is 0 Å². The van der Waals surface area contributed by atoms with Gasteiger partial charge >= 0.3 is 12.0 Å². The van der Waals surface area contributed by atoms with Crippen molar-refractivity contribution in [1.82, 2.24) is 10.3 Å². The lowest BCUT2D eigenvalue weighted by molar-refractivity contribution is -0.138. The van der Waals surface area contributed by atoms with Crippen LogP contribution in [0.25, 0.3) is 10.2 Å². The maximum Gasteiger partial charge on any atom is 0.325 e. The molecule has 1 aromatic carbocycles. The third-order valence-corrected chi connectivity index (χ3v) is 3.42. The lowest BCUT2D eigenvalue weighted by Crippen LogP contribution is -2.40. The molecule has 2 rings (SSSR count). The third-order valence-electron chi connectivity index (χ3n) is 2.48. The average Bonchev–Trinajstić information content (AvgIpc) is 2.69. The van der Waals surface area contributed by atoms with Crippen molar-refractivity contribution in [3.63, 3.8) is 0 Å². The van der Waals surface area contributed by atoms with Gasteiger partial charge in [0.2, 0.25) is 0 Å². The van der Waals surface area contributed by atoms with E-state index < -0.39 is 18.0 Å². The number of carbonyl (C=O) groups excluding carboxylic acids is 1. The Bertz CT molecular complexity index is 638. The molecule has 6 nitrogen and oxygen atoms in total. The molecule has 0 radical (unpaired) electrons. The molecule has 0 saturated carbocycles. The van der Waals surface area contributed by atoms with Gasteiger partial charge in [0.25, 0.3) is 0 Å². The van der Waals surface area contributed by atoms with Gasteiger partial charge in [-0.2, -0.15) is 0 Å². The summed E-state index contributed by atoms with van der Waals surface area (Å²) in [5.41, 5.74) is 1.92. The summed E-state index contributed by atoms with van der Waals surface area (Å²) in [6, 6.07) is 4.28. The standard InChI is InChI=1S/C12H13N3O3S/c1-6-3-4-8-9(5-6)19-12(14-8)15-11(18)13-7(2)10(16)17/h3-5,7H,1-2H3,(H,16,17)(H2,13,14,15,18). The molecule has 2 aromatic rings. The average molecular weight is 279 g/mol. The number of rotatable bonds is 3. The van der Waals surface area contributed by atoms with Crippen LogP contribution in [0.4, 0.5) is 9.93 Å². The largest absolute Gasteiger partial charge is 0.480 e. The molecular formula is C12H13N3O3S. The van der Waals surface area contributed by atoms with Gasteiger partial charge in [-0.1, -0.05) is 17.4 Å². The summed E-state index contributed by atoms with van der Waals surface area (Å²) in [7, 11) is 0. The SMILES string of the molecule is Cc1ccc2nc(NC(=O)NC(C)C(=O)O)sc2c1. The number of anilines is 1. The van der Waals surface area contributed by atoms with Crippen LogP contribution in [-0.4, -0.2) is 28.1 Å². The van der Waals surface area contributed by atoms with E-state index in [1.54, 1.807) is 0 Å². The van der Waals surface area contributed by atoms with Gasteiger partial charge in [0.05, 0.1) is 10.2 Å². The number of aliphatic carboxylic acids is 1. The molecule has 0 spiro atoms. The van der Waals surface area contributed by atoms with E-state index in [4.69, 9.17) is 5.11 Å². The van der Waals surface area contributed by atoms with Crippen molar-refractivity contribution in [2.45, 2.75) is 19.9 Å². The highest BCUT2D eigenvalue weighted by atomic mass is 32.1. The molecule has 0 aliphatic rings. The van der Waals surface area contributed by atoms with Crippen LogP contribution in [0, 0.1) is 6.92 Å². The summed E-state index contributed by atoms with van der Waals surface area (Å²) in [5.74, 6) is -1.09. The minimum atomic E-state index is -1.09. The maximum absolute atomic E-state index is 11.6. The zero-order valence-electron chi connectivity index (χ0n) is 10.4. The van der Waals surface area contributed by atoms with Gasteiger partial charge in [0, 0.05) is 0 Å². The van der Waals surface area contributed by atoms with Crippen molar-refractivity contribution in [2.24, 2.45) is 0 Å². The number of fused-ring (bicyclic) bond motifs is 1. The van der Waals surface area contributed by atoms with E-state index in [2.05, 4.69) is 15.6 Å². The van der Waals surface area contributed by atoms with Crippen LogP contribution in [0.1, 0.15) is 12.5 Å². The van der Waals surface area contributed by atoms with Gasteiger partial charge in [0.15, 0.2) is 5.13 Å². The molecule has 1 aromatic heterocycles. The van der Waals surface area contributed by atoms with Crippen LogP contribution in [-0.2, 0) is 4.79 Å². The van der Waals surface area contributed by atoms with Crippen molar-refractivity contribution in [3.05, 3.63) is 23.8 Å². The van der Waals surface area contributed by atoms with E-state index in [0.29, 0.717) is 5.13 Å². The summed E-state index contributed by atoms with van der Waals surface area (Å²) in [5, 5.41) is 14.0. The monoisotopic (exact) mass is 279 g/mol. The van der Waals surface area contributed by atoms with Crippen LogP contribution >= 0.6 is 11.3 Å². The molecule has 0 aliphatic heterocycles. The molecule has 0 fully saturated rings. The molecular weight excluding hydrogens is 266 g/mol. The Hall–Kier alpha value is -2.15. The number of nitrogens with zero attached hydrogens (tertiary/aromatic N) is 1. The first-order valence-electron chi connectivity index (χ1n) is 5.63. The number of hydrogen-bond donors (Lipinski definition) is 3. The van der Waals surface area contributed by atoms with E-state index in [9.17, 15) is 9.59 Å². The number of hydrogen-bond acceptors (Lipinski definition) is 4. The Morgan fingerprint density at radius 3 is 2.84 bits per heavy atom. The Labute approximate surface area is 113 Å². The maximum atomic E-state index is 11.6. The zero-order valence-corrected chi connectivity index (χ0v) is 11.2. The van der Waals surface area contributed by atoms with Gasteiger partial charge in [-0.3, -0.25) is 10.1 Å². The first-order valence-corrected chi connectivity index (χ1v) is 6.45. The Morgan fingerprint density at radius 1 is 1.42 bits per heavy atom. The van der Waals surface area contributed by atoms with Crippen molar-refractivity contribution in [1.29, 1.82) is 0 Å². The molecule has 7 heteroatoms. The summed E-state index contributed by atoms with van der Waals surface area (Å²) >= 11 is 1.34. The number of nitrogens with one attached hydrogen (secondary N) is 2. The smallest absolute Gasteiger partial charge is 0.325 e. The second-order valence-electron chi connectivity index (χ2n) is 4.15. The minimum absolute atomic E-state index is 0.440. The fourth-order valence-corrected chi connectivity index (χ4v) is 2.44. The molecule has 3 N–H and O–H groups in total. The summed E-state index contributed by atoms with van der Waals surface area (Å²) in [4.78, 5) is 26.4. The van der Waals surface area contributed by atoms with E-state index in [1.807, 2.05) is 25.1 Å². The highest BCUT2D eigenvalue weighted by molar-refractivity contribution is 7.22. The molecule has 19 heavy (non-hydrogen) atoms. The number of aryl methyl sites for hydroxylation is 1. The molecule has 0 bridgehead atoms. The van der Waals surface area contributed by atoms with Crippen molar-refractivity contribution < 1.29 is 14.7 Å². The van der Waals surface area contributed by atoms with Crippen LogP contribution < -0.4 is 10.6 Å². The number of urea groups is 1. The van der Waals surface area contributed by atoms with E-state index in [0.717, 1.165) is 15.8 Å². The summed E-state index contributed by atoms with van der Waals surface area (Å²) in [6.45, 7) is 3.37. The highest BCUT2D eigenvalue weighted by Crippen LogP contribution is 2.26. The predicted octanol–water partition coefficient (Wildman–Crippen LogP) is 2.20. The Morgan fingerprint density at radius 2 is 2.16 bits per heavy atom. The summed E-state index contributed by atoms with van der Waals surface area (Å²) in [6.07, 6.45) is 0. The van der Waals surface area contributed by atoms with Crippen molar-refractivity contribution in [2.75, 3.05) is 5.32 Å². The lowest BCUT2D eigenvalue weighted by Gasteiger charge is -2.08. The minimum Gasteiger partial charge on any atom is -0.480 e. The van der Waals surface area contributed by atoms with Gasteiger partial charge < -0.3 is 10.4 Å². The molecule has 0 aliphatic carbocycles. The summed E-state index contributed by atoms with van der Waals surface area (Å²) < 4.78 is 0.974. The number of amides is 2. The Balaban J connectivity index is 2.09. The molecule has 0 saturated heterocycles. The number of carbonyl (C=O) groups is 2. The molecule has 1 atom stereocenters. The first kappa shape index (κ1) is 13.3. The Kier molecular flexibility index (Phi) is 3.66. The highest BCUT2D eigenvalue weighted by Gasteiger charge is 2.15. The van der Waals surface area contributed by atoms with Crippen LogP contribution in [0.2, 0.25) is 0 Å². The topological polar surface area (TPSA) is 91.3 Å². The van der Waals surface area contributed by atoms with E-state index >= 15 is 0 Å². The zero-order chi connectivity index (χ0) is 14.0. The normalized spacial score (nSPS) is 12.1. The molecule has 1 unspecified atom stereocenters. The number of thiazole rings is 1. The second kappa shape index (κ2) is 5.23. The fraction of sp³-hybridized carbons (Fsp3) is 0.250. The van der Waals surface area contributed by atoms with Crippen LogP contribution in [0.15, 0.2) is 18.2 Å². The second-order valence-corrected chi connectivity index (χ2v) is 5.18. The molecule has 2 amide bonds. The number of carboxylic acids is 1. The number of carboxylic acid groups (broad SMARTS) is 1. The molecule has 100 valence electrons. The lowest BCUT2D eigenvalue weighted by atomic mass is 10.2. The van der Waals surface area contributed by atoms with E-state index in [-0.39, 0.29) is 0 Å². The fourth-order valence-electron chi connectivity index (χ4n) is 1.48. The number of benzene rings is 1. The molecule has 1 heterocycles. The van der Waals surface area contributed by atoms with Gasteiger partial charge in [0.1, 0.15) is 6.04 Å².